The Balaban J connectivity index is 3.01. The normalized spacial score (nSPS) is 13.9. The fraction of sp³-hybridized carbons (Fsp3) is 0.333. The molecular formula is C12H11Cl2NO. The third-order valence-electron chi connectivity index (χ3n) is 2.57. The second kappa shape index (κ2) is 4.86. The molecule has 84 valence electrons. The summed E-state index contributed by atoms with van der Waals surface area (Å²) >= 11 is 11.7. The Morgan fingerprint density at radius 3 is 2.50 bits per heavy atom. The number of Topliss-reactive ketones (excluding diaryl/α,β-unsaturated/α-hetero) is 1. The van der Waals surface area contributed by atoms with Crippen LogP contribution < -0.4 is 0 Å². The Bertz CT molecular complexity index is 465. The maximum absolute atomic E-state index is 11.4. The molecule has 1 rings (SSSR count). The molecule has 0 aliphatic rings. The van der Waals surface area contributed by atoms with Crippen molar-refractivity contribution in [3.05, 3.63) is 33.8 Å². The minimum absolute atomic E-state index is 0.152. The van der Waals surface area contributed by atoms with Crippen molar-refractivity contribution in [3.63, 3.8) is 0 Å². The molecule has 1 unspecified atom stereocenters. The first kappa shape index (κ1) is 13.0. The van der Waals surface area contributed by atoms with E-state index in [0.717, 1.165) is 5.56 Å². The van der Waals surface area contributed by atoms with Crippen molar-refractivity contribution in [1.82, 2.24) is 0 Å². The fourth-order valence-electron chi connectivity index (χ4n) is 1.30. The summed E-state index contributed by atoms with van der Waals surface area (Å²) in [5, 5.41) is 9.91. The largest absolute Gasteiger partial charge is 0.298 e. The average molecular weight is 256 g/mol. The van der Waals surface area contributed by atoms with Crippen molar-refractivity contribution in [2.24, 2.45) is 5.41 Å². The molecule has 0 spiro atoms. The summed E-state index contributed by atoms with van der Waals surface area (Å²) in [5.74, 6) is -0.152. The van der Waals surface area contributed by atoms with Crippen LogP contribution in [0.1, 0.15) is 19.4 Å². The lowest BCUT2D eigenvalue weighted by Crippen LogP contribution is -2.26. The summed E-state index contributed by atoms with van der Waals surface area (Å²) in [5.41, 5.74) is -0.175. The van der Waals surface area contributed by atoms with E-state index in [2.05, 4.69) is 0 Å². The van der Waals surface area contributed by atoms with Crippen LogP contribution in [0.4, 0.5) is 0 Å². The number of rotatable bonds is 3. The molecule has 0 aromatic heterocycles. The van der Waals surface area contributed by atoms with E-state index >= 15 is 0 Å². The van der Waals surface area contributed by atoms with Crippen molar-refractivity contribution < 1.29 is 4.79 Å². The molecule has 1 atom stereocenters. The van der Waals surface area contributed by atoms with Crippen LogP contribution >= 0.6 is 23.2 Å². The van der Waals surface area contributed by atoms with Crippen molar-refractivity contribution in [3.8, 4) is 6.07 Å². The Labute approximate surface area is 105 Å². The Kier molecular flexibility index (Phi) is 3.96. The molecular weight excluding hydrogens is 245 g/mol. The SMILES string of the molecule is CC(=O)C(C)(C#N)Cc1ccc(Cl)c(Cl)c1. The van der Waals surface area contributed by atoms with E-state index in [1.54, 1.807) is 25.1 Å². The molecule has 0 bridgehead atoms. The minimum Gasteiger partial charge on any atom is -0.298 e. The van der Waals surface area contributed by atoms with Gasteiger partial charge in [0.2, 0.25) is 0 Å². The van der Waals surface area contributed by atoms with E-state index in [-0.39, 0.29) is 5.78 Å². The molecule has 0 aliphatic carbocycles. The molecule has 1 aromatic carbocycles. The van der Waals surface area contributed by atoms with Gasteiger partial charge in [-0.1, -0.05) is 29.3 Å². The molecule has 0 saturated carbocycles. The third-order valence-corrected chi connectivity index (χ3v) is 3.30. The third kappa shape index (κ3) is 2.75. The van der Waals surface area contributed by atoms with Crippen LogP contribution in [-0.2, 0) is 11.2 Å². The average Bonchev–Trinajstić information content (AvgIpc) is 2.23. The molecule has 0 heterocycles. The van der Waals surface area contributed by atoms with Crippen LogP contribution in [0.25, 0.3) is 0 Å². The molecule has 0 amide bonds. The standard InChI is InChI=1S/C12H11Cl2NO/c1-8(16)12(2,7-15)6-9-3-4-10(13)11(14)5-9/h3-5H,6H2,1-2H3. The lowest BCUT2D eigenvalue weighted by Gasteiger charge is -2.17. The molecule has 0 saturated heterocycles. The van der Waals surface area contributed by atoms with Gasteiger partial charge in [-0.25, -0.2) is 0 Å². The van der Waals surface area contributed by atoms with Crippen LogP contribution in [0, 0.1) is 16.7 Å². The Morgan fingerprint density at radius 2 is 2.06 bits per heavy atom. The number of halogens is 2. The molecule has 4 heteroatoms. The number of nitriles is 1. The first-order valence-corrected chi connectivity index (χ1v) is 5.51. The van der Waals surface area contributed by atoms with Gasteiger partial charge in [0.15, 0.2) is 0 Å². The van der Waals surface area contributed by atoms with Crippen molar-refractivity contribution in [1.29, 1.82) is 5.26 Å². The molecule has 0 N–H and O–H groups in total. The van der Waals surface area contributed by atoms with Crippen LogP contribution in [0.15, 0.2) is 18.2 Å². The highest BCUT2D eigenvalue weighted by molar-refractivity contribution is 6.42. The zero-order valence-electron chi connectivity index (χ0n) is 9.05. The van der Waals surface area contributed by atoms with Gasteiger partial charge in [0, 0.05) is 0 Å². The first-order valence-electron chi connectivity index (χ1n) is 4.75. The fourth-order valence-corrected chi connectivity index (χ4v) is 1.62. The van der Waals surface area contributed by atoms with Crippen molar-refractivity contribution in [2.75, 3.05) is 0 Å². The highest BCUT2D eigenvalue weighted by Crippen LogP contribution is 2.27. The quantitative estimate of drug-likeness (QED) is 0.828. The van der Waals surface area contributed by atoms with Crippen molar-refractivity contribution in [2.45, 2.75) is 20.3 Å². The van der Waals surface area contributed by atoms with E-state index in [9.17, 15) is 4.79 Å². The molecule has 0 radical (unpaired) electrons. The van der Waals surface area contributed by atoms with E-state index in [1.807, 2.05) is 6.07 Å². The van der Waals surface area contributed by atoms with E-state index in [4.69, 9.17) is 28.5 Å². The van der Waals surface area contributed by atoms with E-state index in [1.165, 1.54) is 6.92 Å². The predicted molar refractivity (Wildman–Crippen MR) is 64.6 cm³/mol. The maximum Gasteiger partial charge on any atom is 0.150 e. The predicted octanol–water partition coefficient (Wildman–Crippen LogP) is 3.65. The van der Waals surface area contributed by atoms with Gasteiger partial charge in [-0.15, -0.1) is 0 Å². The van der Waals surface area contributed by atoms with E-state index < -0.39 is 5.41 Å². The van der Waals surface area contributed by atoms with E-state index in [0.29, 0.717) is 16.5 Å². The molecule has 0 aliphatic heterocycles. The van der Waals surface area contributed by atoms with Crippen LogP contribution in [-0.4, -0.2) is 5.78 Å². The van der Waals surface area contributed by atoms with Crippen LogP contribution in [0.5, 0.6) is 0 Å². The molecule has 16 heavy (non-hydrogen) atoms. The summed E-state index contributed by atoms with van der Waals surface area (Å²) in [6, 6.07) is 7.15. The maximum atomic E-state index is 11.4. The number of ketones is 1. The first-order chi connectivity index (χ1) is 7.39. The Morgan fingerprint density at radius 1 is 1.44 bits per heavy atom. The summed E-state index contributed by atoms with van der Waals surface area (Å²) in [6.45, 7) is 3.04. The van der Waals surface area contributed by atoms with Crippen LogP contribution in [0.2, 0.25) is 10.0 Å². The van der Waals surface area contributed by atoms with Gasteiger partial charge in [0.25, 0.3) is 0 Å². The number of benzene rings is 1. The monoisotopic (exact) mass is 255 g/mol. The summed E-state index contributed by atoms with van der Waals surface area (Å²) in [4.78, 5) is 11.4. The highest BCUT2D eigenvalue weighted by atomic mass is 35.5. The lowest BCUT2D eigenvalue weighted by atomic mass is 9.82. The van der Waals surface area contributed by atoms with Gasteiger partial charge in [-0.2, -0.15) is 5.26 Å². The summed E-state index contributed by atoms with van der Waals surface area (Å²) in [6.07, 6.45) is 0.343. The topological polar surface area (TPSA) is 40.9 Å². The number of hydrogen-bond acceptors (Lipinski definition) is 2. The number of nitrogens with zero attached hydrogens (tertiary/aromatic N) is 1. The Hall–Kier alpha value is -1.04. The molecule has 2 nitrogen and oxygen atoms in total. The summed E-state index contributed by atoms with van der Waals surface area (Å²) < 4.78 is 0. The number of carbonyl (C=O) groups excluding carboxylic acids is 1. The van der Waals surface area contributed by atoms with Gasteiger partial charge < -0.3 is 0 Å². The van der Waals surface area contributed by atoms with Crippen molar-refractivity contribution >= 4 is 29.0 Å². The second-order valence-corrected chi connectivity index (χ2v) is 4.74. The number of hydrogen-bond donors (Lipinski definition) is 0. The lowest BCUT2D eigenvalue weighted by molar-refractivity contribution is -0.123. The molecule has 1 aromatic rings. The number of carbonyl (C=O) groups is 1. The van der Waals surface area contributed by atoms with Gasteiger partial charge in [-0.3, -0.25) is 4.79 Å². The van der Waals surface area contributed by atoms with Gasteiger partial charge in [0.05, 0.1) is 16.1 Å². The van der Waals surface area contributed by atoms with Gasteiger partial charge in [0.1, 0.15) is 11.2 Å². The zero-order valence-corrected chi connectivity index (χ0v) is 10.6. The minimum atomic E-state index is -1.00. The smallest absolute Gasteiger partial charge is 0.150 e. The van der Waals surface area contributed by atoms with Crippen LogP contribution in [0.3, 0.4) is 0 Å². The zero-order chi connectivity index (χ0) is 12.3. The van der Waals surface area contributed by atoms with Gasteiger partial charge in [-0.05, 0) is 38.0 Å². The summed E-state index contributed by atoms with van der Waals surface area (Å²) in [7, 11) is 0. The second-order valence-electron chi connectivity index (χ2n) is 3.93. The van der Waals surface area contributed by atoms with Gasteiger partial charge >= 0.3 is 0 Å². The molecule has 0 fully saturated rings. The highest BCUT2D eigenvalue weighted by Gasteiger charge is 2.30.